The number of hydrogen-bond donors (Lipinski definition) is 1. The Kier molecular flexibility index (Phi) is 2.92. The van der Waals surface area contributed by atoms with Gasteiger partial charge in [-0.3, -0.25) is 4.98 Å². The molecule has 0 saturated heterocycles. The molecule has 0 aliphatic rings. The zero-order valence-corrected chi connectivity index (χ0v) is 11.1. The second-order valence-electron chi connectivity index (χ2n) is 4.29. The minimum absolute atomic E-state index is 1.17. The summed E-state index contributed by atoms with van der Waals surface area (Å²) in [6.07, 6.45) is 3.74. The lowest BCUT2D eigenvalue weighted by atomic mass is 10.1. The van der Waals surface area contributed by atoms with E-state index in [0.29, 0.717) is 0 Å². The van der Waals surface area contributed by atoms with E-state index in [1.807, 2.05) is 26.2 Å². The van der Waals surface area contributed by atoms with Crippen molar-refractivity contribution in [3.8, 4) is 0 Å². The molecule has 0 radical (unpaired) electrons. The fourth-order valence-corrected chi connectivity index (χ4v) is 2.43. The summed E-state index contributed by atoms with van der Waals surface area (Å²) < 4.78 is 0. The quantitative estimate of drug-likeness (QED) is 0.471. The molecule has 0 saturated carbocycles. The van der Waals surface area contributed by atoms with Gasteiger partial charge in [0.1, 0.15) is 0 Å². The van der Waals surface area contributed by atoms with Gasteiger partial charge < -0.3 is 4.98 Å². The number of pyridine rings is 1. The molecular formula is C17H16N2. The molecule has 0 amide bonds. The SMILES string of the molecule is CC.c1ccc2c(c1)[nH]c1cc3cnccc3cc12. The van der Waals surface area contributed by atoms with Crippen molar-refractivity contribution in [2.45, 2.75) is 13.8 Å². The van der Waals surface area contributed by atoms with E-state index < -0.39 is 0 Å². The maximum absolute atomic E-state index is 4.16. The molecule has 0 aliphatic carbocycles. The molecule has 0 atom stereocenters. The van der Waals surface area contributed by atoms with Gasteiger partial charge in [0.05, 0.1) is 0 Å². The monoisotopic (exact) mass is 248 g/mol. The summed E-state index contributed by atoms with van der Waals surface area (Å²) in [7, 11) is 0. The molecule has 2 aromatic carbocycles. The molecule has 0 aliphatic heterocycles. The summed E-state index contributed by atoms with van der Waals surface area (Å²) in [5, 5.41) is 4.96. The van der Waals surface area contributed by atoms with Gasteiger partial charge in [-0.25, -0.2) is 0 Å². The van der Waals surface area contributed by atoms with E-state index in [-0.39, 0.29) is 0 Å². The first kappa shape index (κ1) is 11.7. The fourth-order valence-electron chi connectivity index (χ4n) is 2.43. The number of aromatic nitrogens is 2. The van der Waals surface area contributed by atoms with E-state index in [1.165, 1.54) is 32.6 Å². The van der Waals surface area contributed by atoms with Crippen LogP contribution in [0.2, 0.25) is 0 Å². The number of aromatic amines is 1. The Hall–Kier alpha value is -2.35. The highest BCUT2D eigenvalue weighted by molar-refractivity contribution is 6.11. The Morgan fingerprint density at radius 1 is 0.842 bits per heavy atom. The first-order valence-corrected chi connectivity index (χ1v) is 6.66. The first-order valence-electron chi connectivity index (χ1n) is 6.66. The summed E-state index contributed by atoms with van der Waals surface area (Å²) in [6, 6.07) is 14.8. The van der Waals surface area contributed by atoms with Crippen molar-refractivity contribution < 1.29 is 0 Å². The van der Waals surface area contributed by atoms with E-state index in [0.717, 1.165) is 0 Å². The normalized spacial score (nSPS) is 10.6. The molecule has 0 fully saturated rings. The van der Waals surface area contributed by atoms with Crippen molar-refractivity contribution >= 4 is 32.6 Å². The third-order valence-electron chi connectivity index (χ3n) is 3.26. The number of nitrogens with zero attached hydrogens (tertiary/aromatic N) is 1. The van der Waals surface area contributed by atoms with Gasteiger partial charge in [0.2, 0.25) is 0 Å². The Balaban J connectivity index is 0.000000528. The molecule has 4 rings (SSSR count). The summed E-state index contributed by atoms with van der Waals surface area (Å²) in [5.41, 5.74) is 2.36. The lowest BCUT2D eigenvalue weighted by Crippen LogP contribution is -1.75. The van der Waals surface area contributed by atoms with Gasteiger partial charge in [-0.2, -0.15) is 0 Å². The van der Waals surface area contributed by atoms with Crippen molar-refractivity contribution in [1.82, 2.24) is 9.97 Å². The molecule has 19 heavy (non-hydrogen) atoms. The number of H-pyrrole nitrogens is 1. The average molecular weight is 248 g/mol. The van der Waals surface area contributed by atoms with E-state index >= 15 is 0 Å². The molecule has 2 nitrogen and oxygen atoms in total. The Morgan fingerprint density at radius 3 is 2.58 bits per heavy atom. The first-order chi connectivity index (χ1) is 9.42. The minimum Gasteiger partial charge on any atom is -0.354 e. The summed E-state index contributed by atoms with van der Waals surface area (Å²) in [5.74, 6) is 0. The number of benzene rings is 2. The Labute approximate surface area is 112 Å². The molecule has 0 unspecified atom stereocenters. The van der Waals surface area contributed by atoms with Crippen LogP contribution in [0.15, 0.2) is 54.9 Å². The maximum Gasteiger partial charge on any atom is 0.0471 e. The van der Waals surface area contributed by atoms with Gasteiger partial charge in [-0.15, -0.1) is 0 Å². The van der Waals surface area contributed by atoms with Crippen LogP contribution in [0.4, 0.5) is 0 Å². The van der Waals surface area contributed by atoms with E-state index in [2.05, 4.69) is 52.4 Å². The van der Waals surface area contributed by atoms with Gasteiger partial charge >= 0.3 is 0 Å². The minimum atomic E-state index is 1.17. The lowest BCUT2D eigenvalue weighted by molar-refractivity contribution is 1.37. The molecule has 2 aromatic heterocycles. The predicted octanol–water partition coefficient (Wildman–Crippen LogP) is 4.90. The highest BCUT2D eigenvalue weighted by Gasteiger charge is 2.04. The molecular weight excluding hydrogens is 232 g/mol. The van der Waals surface area contributed by atoms with Crippen LogP contribution in [0, 0.1) is 0 Å². The van der Waals surface area contributed by atoms with Crippen molar-refractivity contribution in [3.05, 3.63) is 54.9 Å². The molecule has 0 bridgehead atoms. The van der Waals surface area contributed by atoms with Crippen LogP contribution in [0.5, 0.6) is 0 Å². The van der Waals surface area contributed by atoms with Crippen LogP contribution < -0.4 is 0 Å². The largest absolute Gasteiger partial charge is 0.354 e. The molecule has 94 valence electrons. The van der Waals surface area contributed by atoms with Crippen LogP contribution in [0.3, 0.4) is 0 Å². The van der Waals surface area contributed by atoms with Crippen molar-refractivity contribution in [1.29, 1.82) is 0 Å². The van der Waals surface area contributed by atoms with E-state index in [1.54, 1.807) is 0 Å². The van der Waals surface area contributed by atoms with Gasteiger partial charge in [0.25, 0.3) is 0 Å². The Morgan fingerprint density at radius 2 is 1.68 bits per heavy atom. The van der Waals surface area contributed by atoms with Gasteiger partial charge in [0.15, 0.2) is 0 Å². The third-order valence-corrected chi connectivity index (χ3v) is 3.26. The number of hydrogen-bond acceptors (Lipinski definition) is 1. The van der Waals surface area contributed by atoms with Crippen molar-refractivity contribution in [2.24, 2.45) is 0 Å². The van der Waals surface area contributed by atoms with Gasteiger partial charge in [-0.1, -0.05) is 32.0 Å². The summed E-state index contributed by atoms with van der Waals surface area (Å²) >= 11 is 0. The topological polar surface area (TPSA) is 28.7 Å². The van der Waals surface area contributed by atoms with E-state index in [4.69, 9.17) is 0 Å². The Bertz CT molecular complexity index is 837. The molecule has 0 spiro atoms. The summed E-state index contributed by atoms with van der Waals surface area (Å²) in [6.45, 7) is 4.00. The predicted molar refractivity (Wildman–Crippen MR) is 82.5 cm³/mol. The number of para-hydroxylation sites is 1. The van der Waals surface area contributed by atoms with Crippen LogP contribution >= 0.6 is 0 Å². The molecule has 1 N–H and O–H groups in total. The van der Waals surface area contributed by atoms with Crippen LogP contribution in [-0.2, 0) is 0 Å². The maximum atomic E-state index is 4.16. The fraction of sp³-hybridized carbons (Fsp3) is 0.118. The number of rotatable bonds is 0. The van der Waals surface area contributed by atoms with Crippen molar-refractivity contribution in [2.75, 3.05) is 0 Å². The van der Waals surface area contributed by atoms with Crippen molar-refractivity contribution in [3.63, 3.8) is 0 Å². The second-order valence-corrected chi connectivity index (χ2v) is 4.29. The smallest absolute Gasteiger partial charge is 0.0471 e. The highest BCUT2D eigenvalue weighted by atomic mass is 14.7. The third kappa shape index (κ3) is 1.85. The highest BCUT2D eigenvalue weighted by Crippen LogP contribution is 2.28. The van der Waals surface area contributed by atoms with E-state index in [9.17, 15) is 0 Å². The number of nitrogens with one attached hydrogen (secondary N) is 1. The average Bonchev–Trinajstić information content (AvgIpc) is 2.84. The molecule has 2 heterocycles. The summed E-state index contributed by atoms with van der Waals surface area (Å²) in [4.78, 5) is 7.60. The van der Waals surface area contributed by atoms with Crippen LogP contribution in [0.25, 0.3) is 32.6 Å². The van der Waals surface area contributed by atoms with Crippen LogP contribution in [-0.4, -0.2) is 9.97 Å². The second kappa shape index (κ2) is 4.73. The van der Waals surface area contributed by atoms with Gasteiger partial charge in [-0.05, 0) is 29.7 Å². The van der Waals surface area contributed by atoms with Gasteiger partial charge in [0, 0.05) is 39.6 Å². The molecule has 2 heteroatoms. The standard InChI is InChI=1S/C15H10N2.C2H6/c1-2-4-14-12(3-1)13-7-10-5-6-16-9-11(10)8-15(13)17-14;1-2/h1-9,17H;1-2H3. The zero-order valence-electron chi connectivity index (χ0n) is 11.1. The number of fused-ring (bicyclic) bond motifs is 4. The van der Waals surface area contributed by atoms with Crippen LogP contribution in [0.1, 0.15) is 13.8 Å². The lowest BCUT2D eigenvalue weighted by Gasteiger charge is -1.97. The zero-order chi connectivity index (χ0) is 13.2. The molecule has 4 aromatic rings.